The molecule has 13 heteroatoms. The Hall–Kier alpha value is -5.17. The molecule has 2 aromatic heterocycles. The fourth-order valence-electron chi connectivity index (χ4n) is 4.07. The van der Waals surface area contributed by atoms with Crippen molar-refractivity contribution >= 4 is 45.5 Å². The van der Waals surface area contributed by atoms with Crippen molar-refractivity contribution in [3.63, 3.8) is 0 Å². The molecule has 0 radical (unpaired) electrons. The maximum atomic E-state index is 15.1. The van der Waals surface area contributed by atoms with Crippen LogP contribution in [0.4, 0.5) is 31.7 Å². The first-order chi connectivity index (χ1) is 20.3. The van der Waals surface area contributed by atoms with E-state index in [0.29, 0.717) is 41.5 Å². The van der Waals surface area contributed by atoms with E-state index in [1.165, 1.54) is 27.5 Å². The predicted molar refractivity (Wildman–Crippen MR) is 152 cm³/mol. The van der Waals surface area contributed by atoms with Crippen LogP contribution in [-0.2, 0) is 9.53 Å². The lowest BCUT2D eigenvalue weighted by molar-refractivity contribution is -0.111. The summed E-state index contributed by atoms with van der Waals surface area (Å²) in [7, 11) is 5.45. The molecule has 0 bridgehead atoms. The van der Waals surface area contributed by atoms with E-state index in [2.05, 4.69) is 27.5 Å². The van der Waals surface area contributed by atoms with Gasteiger partial charge in [0.1, 0.15) is 23.7 Å². The number of fused-ring (bicyclic) bond motifs is 1. The van der Waals surface area contributed by atoms with Crippen molar-refractivity contribution in [2.45, 2.75) is 0 Å². The molecule has 4 rings (SSSR count). The summed E-state index contributed by atoms with van der Waals surface area (Å²) in [4.78, 5) is 29.8. The lowest BCUT2D eigenvalue weighted by Crippen LogP contribution is -2.11. The molecule has 2 heterocycles. The Morgan fingerprint density at radius 3 is 2.36 bits per heavy atom. The predicted octanol–water partition coefficient (Wildman–Crippen LogP) is 5.29. The van der Waals surface area contributed by atoms with Gasteiger partial charge in [0, 0.05) is 31.7 Å². The number of benzene rings is 2. The molecule has 220 valence electrons. The fraction of sp³-hybridized carbons (Fsp3) is 0.207. The van der Waals surface area contributed by atoms with Gasteiger partial charge >= 0.3 is 0 Å². The van der Waals surface area contributed by atoms with E-state index in [0.717, 1.165) is 12.1 Å². The minimum absolute atomic E-state index is 0.170. The fourth-order valence-corrected chi connectivity index (χ4v) is 4.07. The van der Waals surface area contributed by atoms with Crippen molar-refractivity contribution in [1.29, 1.82) is 0 Å². The van der Waals surface area contributed by atoms with Gasteiger partial charge in [-0.3, -0.25) is 9.59 Å². The highest BCUT2D eigenvalue weighted by molar-refractivity contribution is 6.15. The maximum absolute atomic E-state index is 15.1. The largest absolute Gasteiger partial charge is 0.494 e. The van der Waals surface area contributed by atoms with E-state index in [9.17, 15) is 9.59 Å². The highest BCUT2D eigenvalue weighted by Gasteiger charge is 2.31. The molecular weight excluding hydrogens is 554 g/mol. The molecule has 1 amide bonds. The number of hydrogen-bond acceptors (Lipinski definition) is 10. The normalized spacial score (nSPS) is 10.7. The van der Waals surface area contributed by atoms with Gasteiger partial charge in [-0.1, -0.05) is 6.58 Å². The summed E-state index contributed by atoms with van der Waals surface area (Å²) in [6.45, 7) is 4.16. The highest BCUT2D eigenvalue weighted by Crippen LogP contribution is 2.38. The maximum Gasteiger partial charge on any atom is 0.247 e. The Morgan fingerprint density at radius 1 is 1.02 bits per heavy atom. The van der Waals surface area contributed by atoms with Crippen LogP contribution in [0.3, 0.4) is 0 Å². The van der Waals surface area contributed by atoms with Crippen LogP contribution in [0.1, 0.15) is 16.1 Å². The molecule has 4 aromatic rings. The van der Waals surface area contributed by atoms with Crippen molar-refractivity contribution in [2.75, 3.05) is 57.5 Å². The Balaban J connectivity index is 1.73. The Morgan fingerprint density at radius 2 is 1.74 bits per heavy atom. The van der Waals surface area contributed by atoms with E-state index in [1.807, 2.05) is 0 Å². The summed E-state index contributed by atoms with van der Waals surface area (Å²) < 4.78 is 56.4. The summed E-state index contributed by atoms with van der Waals surface area (Å²) in [5.74, 6) is -4.22. The number of halogens is 2. The standard InChI is InChI=1S/C29H28F2N4O7/c1-6-23(36)35-18-11-15(41-10-9-38-3)7-8-17(18)34-22-12-16-21(14-33-22)42-29(27(16)32-2)28(37)24-25(30)19(39-4)13-20(40-5)26(24)31/h6-8,11-14,32H,1,9-10H2,2-5H3,(H,33,34)(H,35,36). The second-order valence-corrected chi connectivity index (χ2v) is 8.60. The van der Waals surface area contributed by atoms with Crippen LogP contribution in [0, 0.1) is 11.6 Å². The van der Waals surface area contributed by atoms with E-state index in [-0.39, 0.29) is 28.5 Å². The molecule has 0 spiro atoms. The van der Waals surface area contributed by atoms with E-state index in [1.54, 1.807) is 31.4 Å². The topological polar surface area (TPSA) is 133 Å². The van der Waals surface area contributed by atoms with E-state index >= 15 is 8.78 Å². The number of furan rings is 1. The Kier molecular flexibility index (Phi) is 9.22. The molecule has 0 aliphatic heterocycles. The van der Waals surface area contributed by atoms with Gasteiger partial charge in [-0.25, -0.2) is 13.8 Å². The average Bonchev–Trinajstić information content (AvgIpc) is 3.36. The van der Waals surface area contributed by atoms with Crippen molar-refractivity contribution in [1.82, 2.24) is 4.98 Å². The summed E-state index contributed by atoms with van der Waals surface area (Å²) in [6, 6.07) is 7.57. The molecule has 0 fully saturated rings. The quantitative estimate of drug-likeness (QED) is 0.109. The molecule has 0 saturated carbocycles. The van der Waals surface area contributed by atoms with Gasteiger partial charge < -0.3 is 39.3 Å². The van der Waals surface area contributed by atoms with Crippen molar-refractivity contribution < 1.29 is 41.7 Å². The summed E-state index contributed by atoms with van der Waals surface area (Å²) in [6.07, 6.45) is 2.47. The van der Waals surface area contributed by atoms with Gasteiger partial charge in [0.2, 0.25) is 11.7 Å². The second-order valence-electron chi connectivity index (χ2n) is 8.60. The number of hydrogen-bond donors (Lipinski definition) is 3. The van der Waals surface area contributed by atoms with Gasteiger partial charge in [-0.05, 0) is 24.3 Å². The lowest BCUT2D eigenvalue weighted by Gasteiger charge is -2.14. The van der Waals surface area contributed by atoms with Gasteiger partial charge in [-0.2, -0.15) is 0 Å². The van der Waals surface area contributed by atoms with Crippen LogP contribution in [0.5, 0.6) is 17.2 Å². The molecule has 0 atom stereocenters. The van der Waals surface area contributed by atoms with Gasteiger partial charge in [0.05, 0.1) is 44.1 Å². The Bertz CT molecular complexity index is 1630. The molecular formula is C29H28F2N4O7. The monoisotopic (exact) mass is 582 g/mol. The molecule has 2 aromatic carbocycles. The summed E-state index contributed by atoms with van der Waals surface area (Å²) in [5, 5.41) is 9.08. The number of ether oxygens (including phenoxy) is 4. The zero-order chi connectivity index (χ0) is 30.4. The third kappa shape index (κ3) is 5.95. The van der Waals surface area contributed by atoms with E-state index < -0.39 is 28.9 Å². The number of aromatic nitrogens is 1. The molecule has 0 aliphatic rings. The average molecular weight is 583 g/mol. The molecule has 3 N–H and O–H groups in total. The SMILES string of the molecule is C=CC(=O)Nc1cc(OCCOC)ccc1Nc1cc2c(NC)c(C(=O)c3c(F)c(OC)cc(OC)c3F)oc2cn1. The number of ketones is 1. The highest BCUT2D eigenvalue weighted by atomic mass is 19.1. The van der Waals surface area contributed by atoms with E-state index in [4.69, 9.17) is 23.4 Å². The summed E-state index contributed by atoms with van der Waals surface area (Å²) in [5.41, 5.74) is 0.290. The van der Waals surface area contributed by atoms with Crippen molar-refractivity contribution in [2.24, 2.45) is 0 Å². The number of carbonyl (C=O) groups excluding carboxylic acids is 2. The van der Waals surface area contributed by atoms with Crippen LogP contribution < -0.4 is 30.2 Å². The van der Waals surface area contributed by atoms with Crippen molar-refractivity contribution in [3.8, 4) is 17.2 Å². The number of anilines is 4. The zero-order valence-corrected chi connectivity index (χ0v) is 23.2. The van der Waals surface area contributed by atoms with Crippen LogP contribution in [-0.4, -0.2) is 58.3 Å². The van der Waals surface area contributed by atoms with Crippen LogP contribution in [0.2, 0.25) is 0 Å². The number of nitrogens with zero attached hydrogens (tertiary/aromatic N) is 1. The van der Waals surface area contributed by atoms with Crippen LogP contribution in [0.15, 0.2) is 53.6 Å². The molecule has 0 saturated heterocycles. The third-order valence-corrected chi connectivity index (χ3v) is 6.09. The van der Waals surface area contributed by atoms with Gasteiger partial charge in [-0.15, -0.1) is 0 Å². The minimum Gasteiger partial charge on any atom is -0.494 e. The second kappa shape index (κ2) is 13.0. The number of amides is 1. The first-order valence-electron chi connectivity index (χ1n) is 12.5. The molecule has 11 nitrogen and oxygen atoms in total. The molecule has 42 heavy (non-hydrogen) atoms. The first kappa shape index (κ1) is 29.8. The third-order valence-electron chi connectivity index (χ3n) is 6.09. The minimum atomic E-state index is -1.20. The zero-order valence-electron chi connectivity index (χ0n) is 23.2. The van der Waals surface area contributed by atoms with Gasteiger partial charge in [0.25, 0.3) is 0 Å². The smallest absolute Gasteiger partial charge is 0.247 e. The first-order valence-corrected chi connectivity index (χ1v) is 12.5. The lowest BCUT2D eigenvalue weighted by atomic mass is 10.0. The number of nitrogens with one attached hydrogen (secondary N) is 3. The number of carbonyl (C=O) groups is 2. The van der Waals surface area contributed by atoms with Crippen LogP contribution >= 0.6 is 0 Å². The Labute approximate surface area is 239 Å². The van der Waals surface area contributed by atoms with Crippen LogP contribution in [0.25, 0.3) is 11.0 Å². The number of pyridine rings is 1. The number of rotatable bonds is 13. The van der Waals surface area contributed by atoms with Crippen molar-refractivity contribution in [3.05, 3.63) is 72.1 Å². The molecule has 0 aliphatic carbocycles. The summed E-state index contributed by atoms with van der Waals surface area (Å²) >= 11 is 0. The van der Waals surface area contributed by atoms with Gasteiger partial charge in [0.15, 0.2) is 34.5 Å². The molecule has 0 unspecified atom stereocenters. The number of methoxy groups -OCH3 is 3.